The molecule has 4 rings (SSSR count). The number of rotatable bonds is 1. The molecule has 0 aromatic carbocycles. The molecule has 1 aliphatic carbocycles. The van der Waals surface area contributed by atoms with Gasteiger partial charge in [-0.05, 0) is 49.3 Å². The molecule has 1 spiro atoms. The molecule has 0 atom stereocenters. The van der Waals surface area contributed by atoms with E-state index < -0.39 is 0 Å². The Balaban J connectivity index is 1.91. The average molecular weight is 285 g/mol. The summed E-state index contributed by atoms with van der Waals surface area (Å²) in [5.74, 6) is 0.0715. The van der Waals surface area contributed by atoms with Crippen LogP contribution in [0.5, 0.6) is 0 Å². The lowest BCUT2D eigenvalue weighted by atomic mass is 10.0. The molecule has 102 valence electrons. The van der Waals surface area contributed by atoms with Crippen molar-refractivity contribution in [2.45, 2.75) is 31.3 Å². The van der Waals surface area contributed by atoms with Crippen LogP contribution in [0.25, 0.3) is 0 Å². The predicted octanol–water partition coefficient (Wildman–Crippen LogP) is 3.29. The molecule has 0 unspecified atom stereocenters. The van der Waals surface area contributed by atoms with Gasteiger partial charge in [0, 0.05) is 18.1 Å². The second-order valence-corrected chi connectivity index (χ2v) is 6.28. The summed E-state index contributed by atoms with van der Waals surface area (Å²) in [6, 6.07) is 6.08. The Labute approximate surface area is 121 Å². The van der Waals surface area contributed by atoms with Gasteiger partial charge in [-0.2, -0.15) is 0 Å². The summed E-state index contributed by atoms with van der Waals surface area (Å²) in [4.78, 5) is 19.6. The lowest BCUT2D eigenvalue weighted by molar-refractivity contribution is 0.0894. The summed E-state index contributed by atoms with van der Waals surface area (Å²) in [7, 11) is 0. The molecule has 5 heteroatoms. The van der Waals surface area contributed by atoms with Crippen molar-refractivity contribution in [1.29, 1.82) is 0 Å². The summed E-state index contributed by atoms with van der Waals surface area (Å²) < 4.78 is 0. The quantitative estimate of drug-likeness (QED) is 0.874. The molecule has 1 N–H and O–H groups in total. The van der Waals surface area contributed by atoms with Crippen LogP contribution in [0.1, 0.15) is 35.4 Å². The minimum Gasteiger partial charge on any atom is -0.328 e. The van der Waals surface area contributed by atoms with Crippen LogP contribution in [0.2, 0.25) is 0 Å². The molecule has 0 saturated heterocycles. The van der Waals surface area contributed by atoms with E-state index in [1.54, 1.807) is 12.4 Å². The molecule has 20 heavy (non-hydrogen) atoms. The SMILES string of the molecule is O=C1NC2(CCCC2)N(c2ccncc2)c2ccsc21. The largest absolute Gasteiger partial charge is 0.328 e. The first-order chi connectivity index (χ1) is 9.80. The van der Waals surface area contributed by atoms with E-state index in [9.17, 15) is 4.79 Å². The fourth-order valence-corrected chi connectivity index (χ4v) is 4.16. The molecule has 1 amide bonds. The van der Waals surface area contributed by atoms with Gasteiger partial charge in [-0.25, -0.2) is 0 Å². The number of pyridine rings is 1. The minimum absolute atomic E-state index is 0.0715. The number of aromatic nitrogens is 1. The van der Waals surface area contributed by atoms with Gasteiger partial charge in [0.25, 0.3) is 5.91 Å². The normalized spacial score (nSPS) is 20.0. The first-order valence-electron chi connectivity index (χ1n) is 6.90. The molecule has 3 heterocycles. The van der Waals surface area contributed by atoms with Crippen molar-refractivity contribution in [3.63, 3.8) is 0 Å². The van der Waals surface area contributed by atoms with Crippen LogP contribution in [-0.4, -0.2) is 16.6 Å². The van der Waals surface area contributed by atoms with E-state index in [0.717, 1.165) is 41.9 Å². The van der Waals surface area contributed by atoms with Crippen molar-refractivity contribution < 1.29 is 4.79 Å². The molecule has 1 aliphatic heterocycles. The van der Waals surface area contributed by atoms with E-state index >= 15 is 0 Å². The van der Waals surface area contributed by atoms with Crippen LogP contribution in [0.15, 0.2) is 36.0 Å². The van der Waals surface area contributed by atoms with E-state index in [0.29, 0.717) is 0 Å². The lowest BCUT2D eigenvalue weighted by Crippen LogP contribution is -2.60. The summed E-state index contributed by atoms with van der Waals surface area (Å²) in [6.07, 6.45) is 7.91. The summed E-state index contributed by atoms with van der Waals surface area (Å²) >= 11 is 1.50. The number of amides is 1. The number of carbonyl (C=O) groups is 1. The molecule has 2 aromatic rings. The Hall–Kier alpha value is -1.88. The number of hydrogen-bond donors (Lipinski definition) is 1. The first kappa shape index (κ1) is 11.9. The fourth-order valence-electron chi connectivity index (χ4n) is 3.39. The van der Waals surface area contributed by atoms with Crippen LogP contribution in [0, 0.1) is 0 Å². The van der Waals surface area contributed by atoms with Gasteiger partial charge in [0.05, 0.1) is 5.69 Å². The Kier molecular flexibility index (Phi) is 2.57. The zero-order chi connectivity index (χ0) is 13.6. The van der Waals surface area contributed by atoms with Crippen LogP contribution < -0.4 is 10.2 Å². The van der Waals surface area contributed by atoms with Gasteiger partial charge in [-0.1, -0.05) is 0 Å². The molecule has 1 saturated carbocycles. The van der Waals surface area contributed by atoms with Gasteiger partial charge in [0.2, 0.25) is 0 Å². The van der Waals surface area contributed by atoms with E-state index in [-0.39, 0.29) is 11.6 Å². The molecule has 2 aliphatic rings. The highest BCUT2D eigenvalue weighted by molar-refractivity contribution is 7.12. The summed E-state index contributed by atoms with van der Waals surface area (Å²) in [5.41, 5.74) is 1.88. The van der Waals surface area contributed by atoms with Gasteiger partial charge < -0.3 is 10.2 Å². The van der Waals surface area contributed by atoms with Crippen molar-refractivity contribution in [1.82, 2.24) is 10.3 Å². The van der Waals surface area contributed by atoms with Gasteiger partial charge in [-0.15, -0.1) is 11.3 Å². The highest BCUT2D eigenvalue weighted by Crippen LogP contribution is 2.46. The van der Waals surface area contributed by atoms with Gasteiger partial charge in [0.15, 0.2) is 0 Å². The Morgan fingerprint density at radius 1 is 1.20 bits per heavy atom. The molecule has 0 radical (unpaired) electrons. The van der Waals surface area contributed by atoms with E-state index in [4.69, 9.17) is 0 Å². The number of thiophene rings is 1. The van der Waals surface area contributed by atoms with E-state index in [2.05, 4.69) is 21.3 Å². The number of anilines is 2. The van der Waals surface area contributed by atoms with Crippen molar-refractivity contribution in [3.8, 4) is 0 Å². The molecular weight excluding hydrogens is 270 g/mol. The number of nitrogens with zero attached hydrogens (tertiary/aromatic N) is 2. The lowest BCUT2D eigenvalue weighted by Gasteiger charge is -2.46. The third-order valence-corrected chi connectivity index (χ3v) is 5.12. The van der Waals surface area contributed by atoms with Crippen molar-refractivity contribution in [2.24, 2.45) is 0 Å². The average Bonchev–Trinajstić information content (AvgIpc) is 3.10. The Morgan fingerprint density at radius 2 is 1.95 bits per heavy atom. The van der Waals surface area contributed by atoms with Gasteiger partial charge >= 0.3 is 0 Å². The molecule has 1 fully saturated rings. The van der Waals surface area contributed by atoms with E-state index in [1.807, 2.05) is 17.5 Å². The molecule has 4 nitrogen and oxygen atoms in total. The van der Waals surface area contributed by atoms with Gasteiger partial charge in [0.1, 0.15) is 10.5 Å². The molecule has 2 aromatic heterocycles. The summed E-state index contributed by atoms with van der Waals surface area (Å²) in [6.45, 7) is 0. The third kappa shape index (κ3) is 1.59. The smallest absolute Gasteiger partial charge is 0.265 e. The first-order valence-corrected chi connectivity index (χ1v) is 7.78. The van der Waals surface area contributed by atoms with Crippen molar-refractivity contribution in [2.75, 3.05) is 4.90 Å². The second kappa shape index (κ2) is 4.31. The predicted molar refractivity (Wildman–Crippen MR) is 79.4 cm³/mol. The second-order valence-electron chi connectivity index (χ2n) is 5.37. The zero-order valence-electron chi connectivity index (χ0n) is 11.0. The summed E-state index contributed by atoms with van der Waals surface area (Å²) in [5, 5.41) is 5.25. The maximum atomic E-state index is 12.3. The van der Waals surface area contributed by atoms with Crippen LogP contribution in [0.4, 0.5) is 11.4 Å². The van der Waals surface area contributed by atoms with Crippen molar-refractivity contribution >= 4 is 28.6 Å². The minimum atomic E-state index is -0.257. The highest BCUT2D eigenvalue weighted by atomic mass is 32.1. The van der Waals surface area contributed by atoms with Crippen LogP contribution in [0.3, 0.4) is 0 Å². The maximum Gasteiger partial charge on any atom is 0.265 e. The monoisotopic (exact) mass is 285 g/mol. The maximum absolute atomic E-state index is 12.3. The third-order valence-electron chi connectivity index (χ3n) is 4.22. The Morgan fingerprint density at radius 3 is 2.70 bits per heavy atom. The van der Waals surface area contributed by atoms with Crippen LogP contribution >= 0.6 is 11.3 Å². The molecule has 0 bridgehead atoms. The Bertz CT molecular complexity index is 646. The van der Waals surface area contributed by atoms with Crippen molar-refractivity contribution in [3.05, 3.63) is 40.8 Å². The topological polar surface area (TPSA) is 45.2 Å². The molecular formula is C15H15N3OS. The number of carbonyl (C=O) groups excluding carboxylic acids is 1. The number of fused-ring (bicyclic) bond motifs is 1. The fraction of sp³-hybridized carbons (Fsp3) is 0.333. The van der Waals surface area contributed by atoms with Crippen LogP contribution in [-0.2, 0) is 0 Å². The zero-order valence-corrected chi connectivity index (χ0v) is 11.8. The van der Waals surface area contributed by atoms with E-state index in [1.165, 1.54) is 11.3 Å². The number of hydrogen-bond acceptors (Lipinski definition) is 4. The number of nitrogens with one attached hydrogen (secondary N) is 1. The highest BCUT2D eigenvalue weighted by Gasteiger charge is 2.46. The standard InChI is InChI=1S/C15H15N3OS/c19-14-13-12(5-10-20-13)18(11-3-8-16-9-4-11)15(17-14)6-1-2-7-15/h3-5,8-10H,1-2,6-7H2,(H,17,19). The van der Waals surface area contributed by atoms with Gasteiger partial charge in [-0.3, -0.25) is 9.78 Å².